The van der Waals surface area contributed by atoms with E-state index >= 15 is 0 Å². The fraction of sp³-hybridized carbons (Fsp3) is 0.429. The molecule has 0 heterocycles. The fourth-order valence-electron chi connectivity index (χ4n) is 3.87. The Morgan fingerprint density at radius 3 is 2.35 bits per heavy atom. The second kappa shape index (κ2) is 3.64. The maximum Gasteiger partial charge on any atom is 0.0543 e. The molecule has 3 heteroatoms. The molecule has 0 aromatic heterocycles. The number of allylic oxidation sites excluding steroid dienone is 2. The molecule has 4 aliphatic rings. The molecule has 0 saturated heterocycles. The van der Waals surface area contributed by atoms with Gasteiger partial charge in [-0.2, -0.15) is 0 Å². The van der Waals surface area contributed by atoms with Gasteiger partial charge in [-0.15, -0.1) is 23.2 Å². The van der Waals surface area contributed by atoms with Gasteiger partial charge in [-0.05, 0) is 51.6 Å². The molecule has 0 spiro atoms. The molecule has 0 unspecified atom stereocenters. The summed E-state index contributed by atoms with van der Waals surface area (Å²) in [5.41, 5.74) is 3.00. The largest absolute Gasteiger partial charge is 0.121 e. The first-order chi connectivity index (χ1) is 8.20. The Morgan fingerprint density at radius 1 is 0.941 bits per heavy atom. The molecular formula is C14H11Cl2I. The van der Waals surface area contributed by atoms with Gasteiger partial charge >= 0.3 is 0 Å². The van der Waals surface area contributed by atoms with Crippen LogP contribution in [0.15, 0.2) is 30.4 Å². The van der Waals surface area contributed by atoms with Crippen LogP contribution < -0.4 is 0 Å². The van der Waals surface area contributed by atoms with E-state index in [0.717, 1.165) is 0 Å². The molecule has 1 saturated carbocycles. The van der Waals surface area contributed by atoms with Crippen LogP contribution in [0.1, 0.15) is 23.0 Å². The summed E-state index contributed by atoms with van der Waals surface area (Å²) in [4.78, 5) is 0. The molecule has 5 rings (SSSR count). The Labute approximate surface area is 125 Å². The Balaban J connectivity index is 1.93. The summed E-state index contributed by atoms with van der Waals surface area (Å²) in [6, 6.07) is 6.62. The maximum absolute atomic E-state index is 6.42. The average molecular weight is 377 g/mol. The minimum Gasteiger partial charge on any atom is -0.121 e. The highest BCUT2D eigenvalue weighted by molar-refractivity contribution is 14.1. The van der Waals surface area contributed by atoms with Crippen molar-refractivity contribution in [3.8, 4) is 0 Å². The Hall–Kier alpha value is 0.270. The predicted molar refractivity (Wildman–Crippen MR) is 80.0 cm³/mol. The summed E-state index contributed by atoms with van der Waals surface area (Å²) in [6.07, 6.45) is 4.71. The van der Waals surface area contributed by atoms with E-state index in [4.69, 9.17) is 23.2 Å². The van der Waals surface area contributed by atoms with Gasteiger partial charge in [0.05, 0.1) is 10.8 Å². The summed E-state index contributed by atoms with van der Waals surface area (Å²) in [6.45, 7) is 0. The monoisotopic (exact) mass is 376 g/mol. The van der Waals surface area contributed by atoms with Crippen LogP contribution in [0.4, 0.5) is 0 Å². The van der Waals surface area contributed by atoms with E-state index in [0.29, 0.717) is 23.7 Å². The Bertz CT molecular complexity index is 525. The highest BCUT2D eigenvalue weighted by atomic mass is 127. The zero-order chi connectivity index (χ0) is 11.7. The van der Waals surface area contributed by atoms with Gasteiger partial charge in [-0.1, -0.05) is 24.3 Å². The van der Waals surface area contributed by atoms with Gasteiger partial charge in [0.15, 0.2) is 0 Å². The molecule has 0 radical (unpaired) electrons. The molecule has 0 N–H and O–H groups in total. The predicted octanol–water partition coefficient (Wildman–Crippen LogP) is 4.50. The number of rotatable bonds is 0. The topological polar surface area (TPSA) is 0 Å². The fourth-order valence-corrected chi connectivity index (χ4v) is 5.73. The molecule has 0 amide bonds. The lowest BCUT2D eigenvalue weighted by Gasteiger charge is -2.58. The van der Waals surface area contributed by atoms with E-state index < -0.39 is 0 Å². The quantitative estimate of drug-likeness (QED) is 0.355. The highest BCUT2D eigenvalue weighted by Crippen LogP contribution is 2.63. The SMILES string of the molecule is Cl[C@@H]1[C@H](Cl)[C@@H]2[C@H]1[C@H]1C=C[C@H]2c2c(I)cccc21. The zero-order valence-electron chi connectivity index (χ0n) is 8.98. The highest BCUT2D eigenvalue weighted by Gasteiger charge is 2.59. The summed E-state index contributed by atoms with van der Waals surface area (Å²) < 4.78 is 1.37. The van der Waals surface area contributed by atoms with Gasteiger partial charge in [0.2, 0.25) is 0 Å². The van der Waals surface area contributed by atoms with Crippen LogP contribution >= 0.6 is 45.8 Å². The van der Waals surface area contributed by atoms with E-state index in [-0.39, 0.29) is 10.8 Å². The van der Waals surface area contributed by atoms with Crippen molar-refractivity contribution in [1.29, 1.82) is 0 Å². The molecule has 1 aromatic carbocycles. The van der Waals surface area contributed by atoms with E-state index in [1.807, 2.05) is 0 Å². The van der Waals surface area contributed by atoms with Crippen LogP contribution in [-0.4, -0.2) is 10.8 Å². The van der Waals surface area contributed by atoms with Crippen molar-refractivity contribution in [3.63, 3.8) is 0 Å². The minimum absolute atomic E-state index is 0.142. The lowest BCUT2D eigenvalue weighted by molar-refractivity contribution is 0.129. The molecule has 4 aliphatic carbocycles. The molecule has 88 valence electrons. The first-order valence-electron chi connectivity index (χ1n) is 5.95. The van der Waals surface area contributed by atoms with Crippen molar-refractivity contribution in [3.05, 3.63) is 45.0 Å². The van der Waals surface area contributed by atoms with Crippen LogP contribution in [0.5, 0.6) is 0 Å². The van der Waals surface area contributed by atoms with Crippen molar-refractivity contribution in [2.75, 3.05) is 0 Å². The van der Waals surface area contributed by atoms with Crippen LogP contribution in [0.3, 0.4) is 0 Å². The summed E-state index contributed by atoms with van der Waals surface area (Å²) in [5.74, 6) is 2.09. The summed E-state index contributed by atoms with van der Waals surface area (Å²) in [7, 11) is 0. The Kier molecular flexibility index (Phi) is 2.38. The zero-order valence-corrected chi connectivity index (χ0v) is 12.7. The Morgan fingerprint density at radius 2 is 1.59 bits per heavy atom. The van der Waals surface area contributed by atoms with Crippen LogP contribution in [0.25, 0.3) is 0 Å². The average Bonchev–Trinajstić information content (AvgIpc) is 2.37. The first-order valence-corrected chi connectivity index (χ1v) is 7.90. The van der Waals surface area contributed by atoms with Crippen molar-refractivity contribution < 1.29 is 0 Å². The first kappa shape index (κ1) is 11.1. The number of benzene rings is 1. The summed E-state index contributed by atoms with van der Waals surface area (Å²) >= 11 is 15.3. The van der Waals surface area contributed by atoms with Crippen molar-refractivity contribution in [2.24, 2.45) is 11.8 Å². The molecule has 1 fully saturated rings. The van der Waals surface area contributed by atoms with Crippen molar-refractivity contribution in [1.82, 2.24) is 0 Å². The normalized spacial score (nSPS) is 45.1. The van der Waals surface area contributed by atoms with E-state index in [2.05, 4.69) is 52.9 Å². The van der Waals surface area contributed by atoms with Gasteiger partial charge in [-0.3, -0.25) is 0 Å². The lowest BCUT2D eigenvalue weighted by Crippen LogP contribution is -2.57. The van der Waals surface area contributed by atoms with E-state index in [1.54, 1.807) is 0 Å². The van der Waals surface area contributed by atoms with Gasteiger partial charge < -0.3 is 0 Å². The van der Waals surface area contributed by atoms with Crippen molar-refractivity contribution in [2.45, 2.75) is 22.6 Å². The van der Waals surface area contributed by atoms with Gasteiger partial charge in [-0.25, -0.2) is 0 Å². The van der Waals surface area contributed by atoms with Crippen LogP contribution in [-0.2, 0) is 0 Å². The van der Waals surface area contributed by atoms with E-state index in [9.17, 15) is 0 Å². The number of alkyl halides is 2. The standard InChI is InChI=1S/C14H11Cl2I/c15-13-11-7-4-5-8(12(11)14(13)16)10-6(7)2-1-3-9(10)17/h1-5,7-8,11-14H/t7-,8-,11+,12-,13-,14+/m0/s1. The molecular weight excluding hydrogens is 366 g/mol. The molecule has 0 aliphatic heterocycles. The molecule has 1 aromatic rings. The maximum atomic E-state index is 6.42. The smallest absolute Gasteiger partial charge is 0.0543 e. The second-order valence-electron chi connectivity index (χ2n) is 5.22. The van der Waals surface area contributed by atoms with Gasteiger partial charge in [0.1, 0.15) is 0 Å². The third-order valence-corrected chi connectivity index (χ3v) is 6.81. The van der Waals surface area contributed by atoms with Crippen molar-refractivity contribution >= 4 is 45.8 Å². The van der Waals surface area contributed by atoms with Gasteiger partial charge in [0, 0.05) is 15.4 Å². The van der Waals surface area contributed by atoms with Crippen LogP contribution in [0, 0.1) is 15.4 Å². The molecule has 6 atom stereocenters. The van der Waals surface area contributed by atoms with E-state index in [1.165, 1.54) is 14.7 Å². The third kappa shape index (κ3) is 1.26. The number of hydrogen-bond acceptors (Lipinski definition) is 0. The van der Waals surface area contributed by atoms with Gasteiger partial charge in [0.25, 0.3) is 0 Å². The minimum atomic E-state index is 0.142. The van der Waals surface area contributed by atoms with Crippen LogP contribution in [0.2, 0.25) is 0 Å². The summed E-state index contributed by atoms with van der Waals surface area (Å²) in [5, 5.41) is 0.286. The third-order valence-electron chi connectivity index (χ3n) is 4.62. The second-order valence-corrected chi connectivity index (χ2v) is 7.39. The molecule has 17 heavy (non-hydrogen) atoms. The lowest BCUT2D eigenvalue weighted by atomic mass is 9.51. The molecule has 0 nitrogen and oxygen atoms in total. The number of halogens is 3. The molecule has 2 bridgehead atoms. The number of hydrogen-bond donors (Lipinski definition) is 0.